The minimum atomic E-state index is 0.783. The van der Waals surface area contributed by atoms with E-state index in [9.17, 15) is 0 Å². The van der Waals surface area contributed by atoms with E-state index in [1.807, 2.05) is 23.9 Å². The van der Waals surface area contributed by atoms with E-state index in [2.05, 4.69) is 12.1 Å². The maximum absolute atomic E-state index is 5.79. The summed E-state index contributed by atoms with van der Waals surface area (Å²) in [7, 11) is 0. The molecule has 1 aromatic carbocycles. The van der Waals surface area contributed by atoms with Crippen LogP contribution in [0.3, 0.4) is 0 Å². The predicted octanol–water partition coefficient (Wildman–Crippen LogP) is 4.84. The highest BCUT2D eigenvalue weighted by molar-refractivity contribution is 7.99. The Morgan fingerprint density at radius 3 is 2.36 bits per heavy atom. The van der Waals surface area contributed by atoms with Crippen LogP contribution >= 0.6 is 35.0 Å². The second-order valence-electron chi connectivity index (χ2n) is 3.05. The first kappa shape index (κ1) is 12.2. The van der Waals surface area contributed by atoms with E-state index in [0.717, 1.165) is 17.3 Å². The van der Waals surface area contributed by atoms with Crippen molar-refractivity contribution in [2.24, 2.45) is 0 Å². The van der Waals surface area contributed by atoms with E-state index >= 15 is 0 Å². The molecule has 3 heteroatoms. The van der Waals surface area contributed by atoms with E-state index in [1.165, 1.54) is 23.5 Å². The molecule has 0 spiro atoms. The van der Waals surface area contributed by atoms with Gasteiger partial charge in [-0.2, -0.15) is 0 Å². The minimum absolute atomic E-state index is 0.783. The van der Waals surface area contributed by atoms with Gasteiger partial charge in [-0.15, -0.1) is 23.4 Å². The Morgan fingerprint density at radius 2 is 1.71 bits per heavy atom. The van der Waals surface area contributed by atoms with Crippen molar-refractivity contribution in [1.82, 2.24) is 0 Å². The number of benzene rings is 1. The van der Waals surface area contributed by atoms with Gasteiger partial charge in [-0.1, -0.05) is 18.0 Å². The molecule has 0 unspecified atom stereocenters. The molecule has 0 amide bonds. The Morgan fingerprint density at radius 1 is 1.00 bits per heavy atom. The van der Waals surface area contributed by atoms with E-state index in [0.29, 0.717) is 0 Å². The van der Waals surface area contributed by atoms with Gasteiger partial charge in [-0.25, -0.2) is 0 Å². The van der Waals surface area contributed by atoms with Gasteiger partial charge < -0.3 is 0 Å². The quantitative estimate of drug-likeness (QED) is 0.395. The lowest BCUT2D eigenvalue weighted by Gasteiger charge is -2.00. The van der Waals surface area contributed by atoms with E-state index in [-0.39, 0.29) is 0 Å². The fourth-order valence-corrected chi connectivity index (χ4v) is 2.32. The molecule has 78 valence electrons. The van der Waals surface area contributed by atoms with Crippen molar-refractivity contribution < 1.29 is 0 Å². The van der Waals surface area contributed by atoms with Crippen molar-refractivity contribution in [2.45, 2.75) is 24.2 Å². The third-order valence-electron chi connectivity index (χ3n) is 1.86. The molecule has 0 saturated carbocycles. The molecule has 0 aliphatic heterocycles. The number of hydrogen-bond acceptors (Lipinski definition) is 1. The van der Waals surface area contributed by atoms with Crippen molar-refractivity contribution in [3.63, 3.8) is 0 Å². The standard InChI is InChI=1S/C11H14Cl2S/c12-8-2-1-3-9-14-11-6-4-10(13)5-7-11/h4-7H,1-3,8-9H2. The Bertz CT molecular complexity index is 246. The first-order valence-corrected chi connectivity index (χ1v) is 6.67. The van der Waals surface area contributed by atoms with Crippen LogP contribution in [-0.4, -0.2) is 11.6 Å². The first-order valence-electron chi connectivity index (χ1n) is 4.77. The van der Waals surface area contributed by atoms with Gasteiger partial charge in [0.2, 0.25) is 0 Å². The van der Waals surface area contributed by atoms with Gasteiger partial charge in [0.05, 0.1) is 0 Å². The topological polar surface area (TPSA) is 0 Å². The van der Waals surface area contributed by atoms with Crippen LogP contribution in [0.15, 0.2) is 29.2 Å². The van der Waals surface area contributed by atoms with Crippen LogP contribution in [0.2, 0.25) is 5.02 Å². The zero-order valence-corrected chi connectivity index (χ0v) is 10.3. The van der Waals surface area contributed by atoms with Crippen LogP contribution in [0.25, 0.3) is 0 Å². The maximum Gasteiger partial charge on any atom is 0.0406 e. The van der Waals surface area contributed by atoms with Crippen molar-refractivity contribution in [3.05, 3.63) is 29.3 Å². The van der Waals surface area contributed by atoms with Crippen LogP contribution in [0, 0.1) is 0 Å². The largest absolute Gasteiger partial charge is 0.127 e. The Labute approximate surface area is 100.0 Å². The number of thioether (sulfide) groups is 1. The maximum atomic E-state index is 5.79. The summed E-state index contributed by atoms with van der Waals surface area (Å²) in [6, 6.07) is 7.99. The van der Waals surface area contributed by atoms with Crippen LogP contribution in [-0.2, 0) is 0 Å². The molecule has 14 heavy (non-hydrogen) atoms. The van der Waals surface area contributed by atoms with Crippen LogP contribution < -0.4 is 0 Å². The molecular weight excluding hydrogens is 235 g/mol. The summed E-state index contributed by atoms with van der Waals surface area (Å²) in [6.07, 6.45) is 3.59. The molecular formula is C11H14Cl2S. The molecule has 1 aromatic rings. The third kappa shape index (κ3) is 5.14. The van der Waals surface area contributed by atoms with Gasteiger partial charge in [-0.3, -0.25) is 0 Å². The zero-order valence-electron chi connectivity index (χ0n) is 8.01. The second kappa shape index (κ2) is 7.44. The second-order valence-corrected chi connectivity index (χ2v) is 5.03. The predicted molar refractivity (Wildman–Crippen MR) is 66.7 cm³/mol. The van der Waals surface area contributed by atoms with Gasteiger partial charge >= 0.3 is 0 Å². The lowest BCUT2D eigenvalue weighted by molar-refractivity contribution is 0.783. The van der Waals surface area contributed by atoms with Crippen molar-refractivity contribution in [2.75, 3.05) is 11.6 Å². The lowest BCUT2D eigenvalue weighted by atomic mass is 10.3. The van der Waals surface area contributed by atoms with Crippen molar-refractivity contribution >= 4 is 35.0 Å². The summed E-state index contributed by atoms with van der Waals surface area (Å²) in [5, 5.41) is 0.802. The first-order chi connectivity index (χ1) is 6.83. The fourth-order valence-electron chi connectivity index (χ4n) is 1.09. The summed E-state index contributed by atoms with van der Waals surface area (Å²) in [6.45, 7) is 0. The highest BCUT2D eigenvalue weighted by atomic mass is 35.5. The summed E-state index contributed by atoms with van der Waals surface area (Å²) in [5.41, 5.74) is 0. The van der Waals surface area contributed by atoms with Crippen LogP contribution in [0.1, 0.15) is 19.3 Å². The molecule has 0 heterocycles. The molecule has 0 aliphatic carbocycles. The van der Waals surface area contributed by atoms with Gasteiger partial charge in [0.25, 0.3) is 0 Å². The summed E-state index contributed by atoms with van der Waals surface area (Å²) >= 11 is 13.3. The van der Waals surface area contributed by atoms with Gasteiger partial charge in [-0.05, 0) is 42.9 Å². The molecule has 1 rings (SSSR count). The fraction of sp³-hybridized carbons (Fsp3) is 0.455. The zero-order chi connectivity index (χ0) is 10.2. The Hall–Kier alpha value is 0.150. The summed E-state index contributed by atoms with van der Waals surface area (Å²) < 4.78 is 0. The number of hydrogen-bond donors (Lipinski definition) is 0. The SMILES string of the molecule is ClCCCCCSc1ccc(Cl)cc1. The highest BCUT2D eigenvalue weighted by Crippen LogP contribution is 2.21. The summed E-state index contributed by atoms with van der Waals surface area (Å²) in [4.78, 5) is 1.29. The molecule has 0 saturated heterocycles. The van der Waals surface area contributed by atoms with Gasteiger partial charge in [0, 0.05) is 15.8 Å². The molecule has 0 bridgehead atoms. The number of alkyl halides is 1. The van der Waals surface area contributed by atoms with Crippen molar-refractivity contribution in [3.8, 4) is 0 Å². The number of halogens is 2. The third-order valence-corrected chi connectivity index (χ3v) is 3.48. The number of rotatable bonds is 6. The molecule has 0 N–H and O–H groups in total. The van der Waals surface area contributed by atoms with Crippen molar-refractivity contribution in [1.29, 1.82) is 0 Å². The molecule has 0 nitrogen and oxygen atoms in total. The number of unbranched alkanes of at least 4 members (excludes halogenated alkanes) is 2. The smallest absolute Gasteiger partial charge is 0.0406 e. The van der Waals surface area contributed by atoms with E-state index in [4.69, 9.17) is 23.2 Å². The average Bonchev–Trinajstić information content (AvgIpc) is 2.21. The Kier molecular flexibility index (Phi) is 6.50. The Balaban J connectivity index is 2.15. The summed E-state index contributed by atoms with van der Waals surface area (Å²) in [5.74, 6) is 1.95. The van der Waals surface area contributed by atoms with Crippen LogP contribution in [0.5, 0.6) is 0 Å². The molecule has 0 aromatic heterocycles. The lowest BCUT2D eigenvalue weighted by Crippen LogP contribution is -1.82. The molecule has 0 aliphatic rings. The van der Waals surface area contributed by atoms with Gasteiger partial charge in [0.15, 0.2) is 0 Å². The monoisotopic (exact) mass is 248 g/mol. The van der Waals surface area contributed by atoms with Gasteiger partial charge in [0.1, 0.15) is 0 Å². The molecule has 0 fully saturated rings. The molecule has 0 atom stereocenters. The molecule has 0 radical (unpaired) electrons. The minimum Gasteiger partial charge on any atom is -0.127 e. The van der Waals surface area contributed by atoms with E-state index in [1.54, 1.807) is 0 Å². The van der Waals surface area contributed by atoms with Crippen LogP contribution in [0.4, 0.5) is 0 Å². The normalized spacial score (nSPS) is 10.4. The average molecular weight is 249 g/mol. The van der Waals surface area contributed by atoms with E-state index < -0.39 is 0 Å². The highest BCUT2D eigenvalue weighted by Gasteiger charge is 1.94.